The molecular formula is C12H14O4S2. The highest BCUT2D eigenvalue weighted by molar-refractivity contribution is 8.16. The Bertz CT molecular complexity index is 411. The second-order valence-electron chi connectivity index (χ2n) is 3.54. The number of benzene rings is 1. The summed E-state index contributed by atoms with van der Waals surface area (Å²) in [6.45, 7) is 0.391. The van der Waals surface area contributed by atoms with Crippen molar-refractivity contribution in [1.82, 2.24) is 0 Å². The molecule has 0 saturated carbocycles. The van der Waals surface area contributed by atoms with Gasteiger partial charge in [0, 0.05) is 5.75 Å². The van der Waals surface area contributed by atoms with E-state index in [1.54, 1.807) is 23.5 Å². The van der Waals surface area contributed by atoms with Gasteiger partial charge in [-0.1, -0.05) is 6.07 Å². The summed E-state index contributed by atoms with van der Waals surface area (Å²) in [7, 11) is 0. The maximum Gasteiger partial charge on any atom is 0.231 e. The minimum absolute atomic E-state index is 0.122. The molecule has 6 heteroatoms. The first-order valence-electron chi connectivity index (χ1n) is 5.52. The Morgan fingerprint density at radius 3 is 2.94 bits per heavy atom. The van der Waals surface area contributed by atoms with E-state index in [2.05, 4.69) is 0 Å². The van der Waals surface area contributed by atoms with Crippen molar-refractivity contribution in [2.45, 2.75) is 4.58 Å². The Balaban J connectivity index is 2.10. The van der Waals surface area contributed by atoms with Crippen molar-refractivity contribution in [2.75, 3.05) is 24.9 Å². The molecule has 18 heavy (non-hydrogen) atoms. The van der Waals surface area contributed by atoms with E-state index < -0.39 is 0 Å². The zero-order valence-electron chi connectivity index (χ0n) is 9.70. The second-order valence-corrected chi connectivity index (χ2v) is 6.19. The molecule has 1 aromatic rings. The summed E-state index contributed by atoms with van der Waals surface area (Å²) in [4.78, 5) is 10.5. The lowest BCUT2D eigenvalue weighted by Crippen LogP contribution is -1.96. The fourth-order valence-electron chi connectivity index (χ4n) is 1.59. The van der Waals surface area contributed by atoms with E-state index in [1.165, 1.54) is 0 Å². The third kappa shape index (κ3) is 3.34. The van der Waals surface area contributed by atoms with Crippen LogP contribution < -0.4 is 9.47 Å². The Morgan fingerprint density at radius 2 is 2.17 bits per heavy atom. The quantitative estimate of drug-likeness (QED) is 0.612. The molecular weight excluding hydrogens is 272 g/mol. The number of hydrogen-bond acceptors (Lipinski definition) is 6. The number of hydrogen-bond donors (Lipinski definition) is 1. The van der Waals surface area contributed by atoms with E-state index in [9.17, 15) is 4.79 Å². The van der Waals surface area contributed by atoms with Gasteiger partial charge in [0.15, 0.2) is 11.5 Å². The average Bonchev–Trinajstić information content (AvgIpc) is 2.86. The third-order valence-electron chi connectivity index (χ3n) is 2.34. The molecule has 0 aromatic heterocycles. The molecule has 0 spiro atoms. The van der Waals surface area contributed by atoms with Gasteiger partial charge < -0.3 is 19.4 Å². The normalized spacial score (nSPS) is 14.5. The van der Waals surface area contributed by atoms with Gasteiger partial charge in [-0.2, -0.15) is 0 Å². The second kappa shape index (κ2) is 6.92. The standard InChI is InChI=1S/C12H14O4S2/c13-3-5-17-12(18-6-4-14)9-1-2-10-11(7-9)16-8-15-10/h1-3,7,12,14H,4-6,8H2. The Morgan fingerprint density at radius 1 is 1.33 bits per heavy atom. The first-order valence-corrected chi connectivity index (χ1v) is 7.62. The molecule has 4 nitrogen and oxygen atoms in total. The average molecular weight is 286 g/mol. The number of thioether (sulfide) groups is 2. The number of aldehydes is 1. The largest absolute Gasteiger partial charge is 0.454 e. The summed E-state index contributed by atoms with van der Waals surface area (Å²) in [5.74, 6) is 2.58. The van der Waals surface area contributed by atoms with Crippen LogP contribution >= 0.6 is 23.5 Å². The third-order valence-corrected chi connectivity index (χ3v) is 5.06. The Hall–Kier alpha value is -0.850. The van der Waals surface area contributed by atoms with Gasteiger partial charge in [-0.3, -0.25) is 0 Å². The molecule has 1 heterocycles. The highest BCUT2D eigenvalue weighted by Crippen LogP contribution is 2.43. The van der Waals surface area contributed by atoms with Gasteiger partial charge in [0.1, 0.15) is 6.29 Å². The topological polar surface area (TPSA) is 55.8 Å². The van der Waals surface area contributed by atoms with Crippen LogP contribution in [0.4, 0.5) is 0 Å². The molecule has 1 aliphatic heterocycles. The van der Waals surface area contributed by atoms with E-state index in [0.717, 1.165) is 23.3 Å². The number of carbonyl (C=O) groups is 1. The molecule has 0 amide bonds. The molecule has 1 atom stereocenters. The van der Waals surface area contributed by atoms with Crippen LogP contribution in [0, 0.1) is 0 Å². The van der Waals surface area contributed by atoms with Crippen molar-refractivity contribution in [3.63, 3.8) is 0 Å². The van der Waals surface area contributed by atoms with Crippen molar-refractivity contribution in [3.05, 3.63) is 23.8 Å². The predicted molar refractivity (Wildman–Crippen MR) is 73.4 cm³/mol. The summed E-state index contributed by atoms with van der Waals surface area (Å²) in [5.41, 5.74) is 1.07. The molecule has 1 aromatic carbocycles. The number of rotatable bonds is 7. The van der Waals surface area contributed by atoms with Crippen molar-refractivity contribution in [3.8, 4) is 11.5 Å². The van der Waals surface area contributed by atoms with Crippen LogP contribution in [0.1, 0.15) is 10.1 Å². The highest BCUT2D eigenvalue weighted by Gasteiger charge is 2.18. The van der Waals surface area contributed by atoms with Crippen molar-refractivity contribution in [1.29, 1.82) is 0 Å². The van der Waals surface area contributed by atoms with E-state index in [4.69, 9.17) is 14.6 Å². The SMILES string of the molecule is O=CCSC(SCCO)c1ccc2c(c1)OCO2. The smallest absolute Gasteiger partial charge is 0.231 e. The molecule has 0 saturated heterocycles. The first-order chi connectivity index (χ1) is 8.85. The lowest BCUT2D eigenvalue weighted by atomic mass is 10.2. The Kier molecular flexibility index (Phi) is 5.22. The fraction of sp³-hybridized carbons (Fsp3) is 0.417. The van der Waals surface area contributed by atoms with Gasteiger partial charge in [-0.15, -0.1) is 23.5 Å². The van der Waals surface area contributed by atoms with Crippen LogP contribution in [0.5, 0.6) is 11.5 Å². The van der Waals surface area contributed by atoms with Crippen LogP contribution in [0.2, 0.25) is 0 Å². The molecule has 1 N–H and O–H groups in total. The summed E-state index contributed by atoms with van der Waals surface area (Å²) in [5, 5.41) is 8.90. The van der Waals surface area contributed by atoms with Crippen molar-refractivity contribution < 1.29 is 19.4 Å². The fourth-order valence-corrected chi connectivity index (χ4v) is 3.75. The zero-order chi connectivity index (χ0) is 12.8. The number of carbonyl (C=O) groups excluding carboxylic acids is 1. The Labute approximate surface area is 114 Å². The monoisotopic (exact) mass is 286 g/mol. The number of aliphatic hydroxyl groups excluding tert-OH is 1. The maximum absolute atomic E-state index is 10.5. The van der Waals surface area contributed by atoms with Crippen molar-refractivity contribution >= 4 is 29.8 Å². The van der Waals surface area contributed by atoms with E-state index in [0.29, 0.717) is 11.5 Å². The molecule has 0 radical (unpaired) electrons. The van der Waals surface area contributed by atoms with Crippen LogP contribution in [0.25, 0.3) is 0 Å². The van der Waals surface area contributed by atoms with Gasteiger partial charge >= 0.3 is 0 Å². The zero-order valence-corrected chi connectivity index (χ0v) is 11.3. The molecule has 0 bridgehead atoms. The minimum atomic E-state index is 0.122. The number of aliphatic hydroxyl groups is 1. The summed E-state index contributed by atoms with van der Waals surface area (Å²) in [6.07, 6.45) is 0.893. The summed E-state index contributed by atoms with van der Waals surface area (Å²) < 4.78 is 10.7. The van der Waals surface area contributed by atoms with Gasteiger partial charge in [0.25, 0.3) is 0 Å². The van der Waals surface area contributed by atoms with Gasteiger partial charge in [0.2, 0.25) is 6.79 Å². The van der Waals surface area contributed by atoms with Crippen LogP contribution in [-0.2, 0) is 4.79 Å². The maximum atomic E-state index is 10.5. The number of fused-ring (bicyclic) bond motifs is 1. The molecule has 1 aliphatic rings. The molecule has 1 unspecified atom stereocenters. The summed E-state index contributed by atoms with van der Waals surface area (Å²) in [6, 6.07) is 5.79. The molecule has 0 aliphatic carbocycles. The van der Waals surface area contributed by atoms with Crippen LogP contribution in [0.15, 0.2) is 18.2 Å². The predicted octanol–water partition coefficient (Wildman–Crippen LogP) is 2.07. The lowest BCUT2D eigenvalue weighted by molar-refractivity contribution is -0.105. The molecule has 2 rings (SSSR count). The van der Waals surface area contributed by atoms with Crippen LogP contribution in [0.3, 0.4) is 0 Å². The minimum Gasteiger partial charge on any atom is -0.454 e. The lowest BCUT2D eigenvalue weighted by Gasteiger charge is -2.15. The van der Waals surface area contributed by atoms with Gasteiger partial charge in [-0.25, -0.2) is 0 Å². The number of ether oxygens (including phenoxy) is 2. The molecule has 98 valence electrons. The van der Waals surface area contributed by atoms with Crippen molar-refractivity contribution in [2.24, 2.45) is 0 Å². The van der Waals surface area contributed by atoms with Crippen LogP contribution in [-0.4, -0.2) is 36.3 Å². The van der Waals surface area contributed by atoms with Gasteiger partial charge in [0.05, 0.1) is 16.9 Å². The summed E-state index contributed by atoms with van der Waals surface area (Å²) >= 11 is 3.17. The van der Waals surface area contributed by atoms with Gasteiger partial charge in [-0.05, 0) is 17.7 Å². The first kappa shape index (κ1) is 13.6. The van der Waals surface area contributed by atoms with E-state index >= 15 is 0 Å². The molecule has 0 fully saturated rings. The van der Waals surface area contributed by atoms with E-state index in [1.807, 2.05) is 18.2 Å². The van der Waals surface area contributed by atoms with E-state index in [-0.39, 0.29) is 18.0 Å². The highest BCUT2D eigenvalue weighted by atomic mass is 32.2.